The van der Waals surface area contributed by atoms with Gasteiger partial charge in [0.2, 0.25) is 11.8 Å². The number of carbonyl (C=O) groups is 3. The molecule has 10 nitrogen and oxygen atoms in total. The molecule has 2 atom stereocenters. The first-order valence-electron chi connectivity index (χ1n) is 17.0. The summed E-state index contributed by atoms with van der Waals surface area (Å²) in [6.07, 6.45) is 10.4. The highest BCUT2D eigenvalue weighted by Crippen LogP contribution is 2.30. The second-order valence-electron chi connectivity index (χ2n) is 13.9. The standard InChI is InChI=1S/C34H53N7O3/c1-23(2)18-30(42)40-17-11-16-39(21-26-12-7-6-8-13-26)15-10-9-14-35-33(43)29-20-27(40)22-41(29)34(44)28-19-24(3)36-32-31(28)25(4)37-38(32)5/h19,23,26-27,29H,6-18,20-22H2,1-5H3,(H,35,43)/t27-,29-/m0/s1. The minimum absolute atomic E-state index is 0.120. The molecule has 10 heteroatoms. The zero-order valence-electron chi connectivity index (χ0n) is 27.6. The molecule has 1 N–H and O–H groups in total. The van der Waals surface area contributed by atoms with Gasteiger partial charge < -0.3 is 20.0 Å². The third-order valence-electron chi connectivity index (χ3n) is 9.83. The molecule has 0 aromatic carbocycles. The third kappa shape index (κ3) is 7.44. The average Bonchev–Trinajstić information content (AvgIpc) is 3.54. The predicted molar refractivity (Wildman–Crippen MR) is 172 cm³/mol. The number of amides is 3. The number of hydrogen-bond acceptors (Lipinski definition) is 6. The zero-order chi connectivity index (χ0) is 31.4. The SMILES string of the molecule is Cc1cc(C(=O)N2C[C@@H]3C[C@H]2C(=O)NCCCCN(CC2CCCCC2)CCCN3C(=O)CC(C)C)c2c(C)nn(C)c2n1. The lowest BCUT2D eigenvalue weighted by Crippen LogP contribution is -2.46. The number of nitrogens with zero attached hydrogens (tertiary/aromatic N) is 6. The minimum Gasteiger partial charge on any atom is -0.354 e. The van der Waals surface area contributed by atoms with Crippen LogP contribution in [0.1, 0.15) is 99.8 Å². The van der Waals surface area contributed by atoms with Crippen LogP contribution in [0.25, 0.3) is 11.0 Å². The summed E-state index contributed by atoms with van der Waals surface area (Å²) in [5, 5.41) is 8.41. The fourth-order valence-corrected chi connectivity index (χ4v) is 7.67. The zero-order valence-corrected chi connectivity index (χ0v) is 27.6. The molecule has 44 heavy (non-hydrogen) atoms. The van der Waals surface area contributed by atoms with Gasteiger partial charge >= 0.3 is 0 Å². The molecule has 0 unspecified atom stereocenters. The minimum atomic E-state index is -0.631. The van der Waals surface area contributed by atoms with Gasteiger partial charge in [0.15, 0.2) is 5.65 Å². The lowest BCUT2D eigenvalue weighted by molar-refractivity contribution is -0.134. The number of hydrogen-bond donors (Lipinski definition) is 1. The van der Waals surface area contributed by atoms with E-state index in [2.05, 4.69) is 34.1 Å². The van der Waals surface area contributed by atoms with E-state index in [1.807, 2.05) is 31.9 Å². The van der Waals surface area contributed by atoms with Crippen molar-refractivity contribution in [3.63, 3.8) is 0 Å². The van der Waals surface area contributed by atoms with Crippen LogP contribution in [0.15, 0.2) is 6.07 Å². The van der Waals surface area contributed by atoms with Crippen LogP contribution >= 0.6 is 0 Å². The van der Waals surface area contributed by atoms with Crippen molar-refractivity contribution in [1.29, 1.82) is 0 Å². The summed E-state index contributed by atoms with van der Waals surface area (Å²) in [5.41, 5.74) is 2.64. The molecule has 2 aliphatic heterocycles. The monoisotopic (exact) mass is 607 g/mol. The smallest absolute Gasteiger partial charge is 0.255 e. The molecule has 2 saturated heterocycles. The van der Waals surface area contributed by atoms with Crippen molar-refractivity contribution in [2.24, 2.45) is 18.9 Å². The number of aromatic nitrogens is 3. The van der Waals surface area contributed by atoms with Crippen LogP contribution in [0, 0.1) is 25.7 Å². The summed E-state index contributed by atoms with van der Waals surface area (Å²) in [6, 6.07) is 0.976. The topological polar surface area (TPSA) is 104 Å². The highest BCUT2D eigenvalue weighted by atomic mass is 16.2. The molecule has 0 spiro atoms. The lowest BCUT2D eigenvalue weighted by atomic mass is 9.89. The Hall–Kier alpha value is -3.01. The largest absolute Gasteiger partial charge is 0.354 e. The summed E-state index contributed by atoms with van der Waals surface area (Å²) >= 11 is 0. The molecular formula is C34H53N7O3. The second kappa shape index (κ2) is 14.4. The van der Waals surface area contributed by atoms with E-state index in [1.54, 1.807) is 9.58 Å². The molecule has 2 aromatic rings. The number of fused-ring (bicyclic) bond motifs is 3. The van der Waals surface area contributed by atoms with Gasteiger partial charge in [-0.2, -0.15) is 5.10 Å². The maximum atomic E-state index is 14.4. The number of nitrogens with one attached hydrogen (secondary N) is 1. The van der Waals surface area contributed by atoms with E-state index in [-0.39, 0.29) is 29.7 Å². The van der Waals surface area contributed by atoms with Crippen molar-refractivity contribution in [3.05, 3.63) is 23.0 Å². The second-order valence-corrected chi connectivity index (χ2v) is 13.9. The fourth-order valence-electron chi connectivity index (χ4n) is 7.67. The average molecular weight is 608 g/mol. The Morgan fingerprint density at radius 2 is 1.75 bits per heavy atom. The summed E-state index contributed by atoms with van der Waals surface area (Å²) in [7, 11) is 1.83. The van der Waals surface area contributed by atoms with E-state index < -0.39 is 6.04 Å². The van der Waals surface area contributed by atoms with E-state index >= 15 is 0 Å². The maximum Gasteiger partial charge on any atom is 0.255 e. The van der Waals surface area contributed by atoms with Crippen molar-refractivity contribution in [2.45, 2.75) is 104 Å². The number of likely N-dealkylation sites (tertiary alicyclic amines) is 1. The van der Waals surface area contributed by atoms with Crippen molar-refractivity contribution in [3.8, 4) is 0 Å². The Morgan fingerprint density at radius 1 is 1.00 bits per heavy atom. The molecule has 2 bridgehead atoms. The fraction of sp³-hybridized carbons (Fsp3) is 0.735. The Labute approximate surface area is 262 Å². The highest BCUT2D eigenvalue weighted by molar-refractivity contribution is 6.08. The Morgan fingerprint density at radius 3 is 2.50 bits per heavy atom. The van der Waals surface area contributed by atoms with Crippen molar-refractivity contribution < 1.29 is 14.4 Å². The number of carbonyl (C=O) groups excluding carboxylic acids is 3. The molecule has 0 radical (unpaired) electrons. The van der Waals surface area contributed by atoms with E-state index in [9.17, 15) is 14.4 Å². The van der Waals surface area contributed by atoms with Crippen LogP contribution in [0.4, 0.5) is 0 Å². The summed E-state index contributed by atoms with van der Waals surface area (Å²) < 4.78 is 1.71. The van der Waals surface area contributed by atoms with Gasteiger partial charge in [-0.05, 0) is 83.4 Å². The van der Waals surface area contributed by atoms with Crippen molar-refractivity contribution in [2.75, 3.05) is 39.3 Å². The van der Waals surface area contributed by atoms with E-state index in [0.717, 1.165) is 61.6 Å². The van der Waals surface area contributed by atoms with Crippen LogP contribution in [-0.2, 0) is 16.6 Å². The predicted octanol–water partition coefficient (Wildman–Crippen LogP) is 4.23. The van der Waals surface area contributed by atoms with E-state index in [0.29, 0.717) is 43.7 Å². The van der Waals surface area contributed by atoms with Crippen LogP contribution in [0.3, 0.4) is 0 Å². The summed E-state index contributed by atoms with van der Waals surface area (Å²) in [5.74, 6) is 0.799. The van der Waals surface area contributed by atoms with Gasteiger partial charge in [-0.15, -0.1) is 0 Å². The molecule has 2 aromatic heterocycles. The molecule has 4 heterocycles. The number of rotatable bonds is 5. The molecular weight excluding hydrogens is 554 g/mol. The molecule has 5 rings (SSSR count). The lowest BCUT2D eigenvalue weighted by Gasteiger charge is -2.33. The number of aryl methyl sites for hydroxylation is 3. The molecule has 3 aliphatic rings. The summed E-state index contributed by atoms with van der Waals surface area (Å²) in [4.78, 5) is 52.8. The van der Waals surface area contributed by atoms with Crippen LogP contribution in [-0.4, -0.2) is 98.5 Å². The first-order valence-corrected chi connectivity index (χ1v) is 17.0. The van der Waals surface area contributed by atoms with Crippen LogP contribution in [0.5, 0.6) is 0 Å². The van der Waals surface area contributed by atoms with E-state index in [4.69, 9.17) is 0 Å². The van der Waals surface area contributed by atoms with Gasteiger partial charge in [0.05, 0.1) is 22.7 Å². The van der Waals surface area contributed by atoms with Gasteiger partial charge in [-0.1, -0.05) is 33.1 Å². The maximum absolute atomic E-state index is 14.4. The molecule has 3 fully saturated rings. The van der Waals surface area contributed by atoms with E-state index in [1.165, 1.54) is 32.1 Å². The first-order chi connectivity index (χ1) is 21.1. The molecule has 1 aliphatic carbocycles. The number of pyridine rings is 1. The van der Waals surface area contributed by atoms with Crippen molar-refractivity contribution in [1.82, 2.24) is 34.8 Å². The molecule has 242 valence electrons. The van der Waals surface area contributed by atoms with Crippen LogP contribution in [0.2, 0.25) is 0 Å². The highest BCUT2D eigenvalue weighted by Gasteiger charge is 2.43. The summed E-state index contributed by atoms with van der Waals surface area (Å²) in [6.45, 7) is 12.6. The Balaban J connectivity index is 1.42. The molecule has 1 saturated carbocycles. The van der Waals surface area contributed by atoms with Gasteiger partial charge in [0, 0.05) is 45.3 Å². The Bertz CT molecular complexity index is 1330. The van der Waals surface area contributed by atoms with Gasteiger partial charge in [-0.3, -0.25) is 19.1 Å². The van der Waals surface area contributed by atoms with Gasteiger partial charge in [0.25, 0.3) is 5.91 Å². The van der Waals surface area contributed by atoms with Crippen LogP contribution < -0.4 is 5.32 Å². The first kappa shape index (κ1) is 32.4. The Kier molecular flexibility index (Phi) is 10.6. The third-order valence-corrected chi connectivity index (χ3v) is 9.83. The van der Waals surface area contributed by atoms with Gasteiger partial charge in [0.1, 0.15) is 6.04 Å². The molecule has 3 amide bonds. The quantitative estimate of drug-likeness (QED) is 0.546. The van der Waals surface area contributed by atoms with Gasteiger partial charge in [-0.25, -0.2) is 4.98 Å². The van der Waals surface area contributed by atoms with Crippen molar-refractivity contribution >= 4 is 28.8 Å². The normalized spacial score (nSPS) is 23.3.